The summed E-state index contributed by atoms with van der Waals surface area (Å²) in [6.07, 6.45) is 7.03. The largest absolute Gasteiger partial charge is 0.383 e. The number of nitrogens with one attached hydrogen (secondary N) is 3. The van der Waals surface area contributed by atoms with Crippen LogP contribution in [-0.4, -0.2) is 129 Å². The number of anilines is 1. The number of hydrogen-bond donors (Lipinski definition) is 3. The molecule has 16 nitrogen and oxygen atoms in total. The Labute approximate surface area is 354 Å². The Hall–Kier alpha value is -6.50. The van der Waals surface area contributed by atoms with Crippen LogP contribution in [0.15, 0.2) is 67.1 Å². The molecule has 0 spiro atoms. The van der Waals surface area contributed by atoms with E-state index in [1.54, 1.807) is 36.7 Å². The first-order valence-corrected chi connectivity index (χ1v) is 20.8. The lowest BCUT2D eigenvalue weighted by Crippen LogP contribution is -2.54. The van der Waals surface area contributed by atoms with Gasteiger partial charge in [0.2, 0.25) is 17.7 Å². The van der Waals surface area contributed by atoms with E-state index in [1.165, 1.54) is 18.2 Å². The number of imide groups is 2. The van der Waals surface area contributed by atoms with Crippen molar-refractivity contribution >= 4 is 46.3 Å². The maximum Gasteiger partial charge on any atom is 0.262 e. The predicted molar refractivity (Wildman–Crippen MR) is 222 cm³/mol. The highest BCUT2D eigenvalue weighted by Crippen LogP contribution is 2.33. The van der Waals surface area contributed by atoms with Gasteiger partial charge in [0.05, 0.1) is 66.0 Å². The van der Waals surface area contributed by atoms with E-state index in [4.69, 9.17) is 9.72 Å². The van der Waals surface area contributed by atoms with Gasteiger partial charge in [-0.3, -0.25) is 53.7 Å². The number of rotatable bonds is 12. The summed E-state index contributed by atoms with van der Waals surface area (Å²) in [4.78, 5) is 77.4. The third-order valence-electron chi connectivity index (χ3n) is 11.9. The second-order valence-corrected chi connectivity index (χ2v) is 15.9. The van der Waals surface area contributed by atoms with Crippen molar-refractivity contribution in [2.24, 2.45) is 0 Å². The summed E-state index contributed by atoms with van der Waals surface area (Å²) in [5.74, 6) is -3.58. The Balaban J connectivity index is 0.757. The smallest absolute Gasteiger partial charge is 0.262 e. The van der Waals surface area contributed by atoms with E-state index in [1.807, 2.05) is 21.8 Å². The van der Waals surface area contributed by atoms with E-state index in [-0.39, 0.29) is 54.6 Å². The third kappa shape index (κ3) is 8.40. The van der Waals surface area contributed by atoms with Crippen molar-refractivity contribution in [1.29, 1.82) is 0 Å². The van der Waals surface area contributed by atoms with Crippen LogP contribution in [-0.2, 0) is 25.7 Å². The van der Waals surface area contributed by atoms with Gasteiger partial charge in [0.1, 0.15) is 17.7 Å². The minimum atomic E-state index is -1.03. The van der Waals surface area contributed by atoms with E-state index in [9.17, 15) is 24.0 Å². The number of morpholine rings is 1. The van der Waals surface area contributed by atoms with E-state index < -0.39 is 41.3 Å². The maximum absolute atomic E-state index is 15.4. The Kier molecular flexibility index (Phi) is 11.5. The maximum atomic E-state index is 15.4. The van der Waals surface area contributed by atoms with Gasteiger partial charge in [0.25, 0.3) is 11.8 Å². The number of amides is 5. The number of aromatic nitrogens is 4. The number of ether oxygens (including phenoxy) is 1. The van der Waals surface area contributed by atoms with Crippen LogP contribution in [0.4, 0.5) is 14.5 Å². The van der Waals surface area contributed by atoms with Crippen molar-refractivity contribution in [3.8, 4) is 22.4 Å². The molecular weight excluding hydrogens is 803 g/mol. The fraction of sp³-hybridized carbons (Fsp3) is 0.364. The van der Waals surface area contributed by atoms with Crippen LogP contribution in [0.3, 0.4) is 0 Å². The van der Waals surface area contributed by atoms with Gasteiger partial charge in [-0.15, -0.1) is 0 Å². The van der Waals surface area contributed by atoms with Crippen LogP contribution in [0.1, 0.15) is 58.0 Å². The van der Waals surface area contributed by atoms with Gasteiger partial charge in [-0.2, -0.15) is 5.10 Å². The topological polar surface area (TPSA) is 184 Å². The van der Waals surface area contributed by atoms with Gasteiger partial charge in [-0.1, -0.05) is 12.1 Å². The number of benzene rings is 3. The van der Waals surface area contributed by atoms with Gasteiger partial charge >= 0.3 is 0 Å². The summed E-state index contributed by atoms with van der Waals surface area (Å²) < 4.78 is 38.1. The summed E-state index contributed by atoms with van der Waals surface area (Å²) in [5, 5.41) is 12.9. The molecule has 0 saturated carbocycles. The molecule has 5 aromatic rings. The first kappa shape index (κ1) is 40.9. The molecule has 5 amide bonds. The highest BCUT2D eigenvalue weighted by atomic mass is 19.1. The van der Waals surface area contributed by atoms with Crippen molar-refractivity contribution in [3.05, 3.63) is 95.4 Å². The molecule has 6 heterocycles. The van der Waals surface area contributed by atoms with Crippen LogP contribution >= 0.6 is 0 Å². The molecule has 3 fully saturated rings. The number of carbonyl (C=O) groups is 5. The quantitative estimate of drug-likeness (QED) is 0.123. The zero-order valence-corrected chi connectivity index (χ0v) is 33.7. The molecule has 4 aliphatic heterocycles. The minimum Gasteiger partial charge on any atom is -0.383 e. The molecule has 4 aliphatic rings. The molecule has 320 valence electrons. The fourth-order valence-electron chi connectivity index (χ4n) is 8.56. The van der Waals surface area contributed by atoms with Crippen molar-refractivity contribution in [2.75, 3.05) is 64.3 Å². The Morgan fingerprint density at radius 1 is 0.839 bits per heavy atom. The van der Waals surface area contributed by atoms with E-state index in [2.05, 4.69) is 30.9 Å². The molecule has 1 atom stereocenters. The SMILES string of the molecule is O=C(CN1CCC(n2cc(-c3cnc4cccc(-c5cc(F)c(CN6CCOCC6)c(F)c5)c4n3)cn2)CC1)NCCNc1ccc2c(c1)C(=O)N(C1CCC(=O)NC1=O)C2=O. The minimum absolute atomic E-state index is 0.0347. The molecule has 0 aliphatic carbocycles. The van der Waals surface area contributed by atoms with Crippen LogP contribution in [0, 0.1) is 11.6 Å². The van der Waals surface area contributed by atoms with Gasteiger partial charge in [0, 0.05) is 80.8 Å². The number of likely N-dealkylation sites (tertiary alicyclic amines) is 1. The lowest BCUT2D eigenvalue weighted by molar-refractivity contribution is -0.136. The van der Waals surface area contributed by atoms with Gasteiger partial charge in [-0.25, -0.2) is 13.8 Å². The highest BCUT2D eigenvalue weighted by molar-refractivity contribution is 6.23. The van der Waals surface area contributed by atoms with Crippen molar-refractivity contribution < 1.29 is 37.5 Å². The zero-order valence-electron chi connectivity index (χ0n) is 33.7. The molecular formula is C44H44F2N10O6. The lowest BCUT2D eigenvalue weighted by atomic mass is 10.0. The van der Waals surface area contributed by atoms with E-state index >= 15 is 8.78 Å². The summed E-state index contributed by atoms with van der Waals surface area (Å²) in [6.45, 7) is 4.82. The summed E-state index contributed by atoms with van der Waals surface area (Å²) in [6, 6.07) is 12.0. The molecule has 62 heavy (non-hydrogen) atoms. The van der Waals surface area contributed by atoms with Gasteiger partial charge in [-0.05, 0) is 61.2 Å². The Morgan fingerprint density at radius 2 is 1.61 bits per heavy atom. The average molecular weight is 847 g/mol. The van der Waals surface area contributed by atoms with Crippen LogP contribution < -0.4 is 16.0 Å². The fourth-order valence-corrected chi connectivity index (χ4v) is 8.56. The Bertz CT molecular complexity index is 2570. The summed E-state index contributed by atoms with van der Waals surface area (Å²) in [5.41, 5.74) is 4.41. The van der Waals surface area contributed by atoms with Crippen LogP contribution in [0.2, 0.25) is 0 Å². The number of para-hydroxylation sites is 1. The molecule has 0 radical (unpaired) electrons. The lowest BCUT2D eigenvalue weighted by Gasteiger charge is -2.31. The van der Waals surface area contributed by atoms with Crippen LogP contribution in [0.25, 0.3) is 33.4 Å². The monoisotopic (exact) mass is 846 g/mol. The number of carbonyl (C=O) groups excluding carboxylic acids is 5. The molecule has 3 N–H and O–H groups in total. The predicted octanol–water partition coefficient (Wildman–Crippen LogP) is 3.54. The van der Waals surface area contributed by atoms with Crippen molar-refractivity contribution in [1.82, 2.24) is 45.1 Å². The number of hydrogen-bond acceptors (Lipinski definition) is 12. The number of nitrogens with zero attached hydrogens (tertiary/aromatic N) is 7. The number of halogens is 2. The van der Waals surface area contributed by atoms with Crippen molar-refractivity contribution in [3.63, 3.8) is 0 Å². The number of fused-ring (bicyclic) bond motifs is 2. The normalized spacial score (nSPS) is 18.9. The first-order chi connectivity index (χ1) is 30.1. The molecule has 0 bridgehead atoms. The highest BCUT2D eigenvalue weighted by Gasteiger charge is 2.44. The molecule has 2 aromatic heterocycles. The van der Waals surface area contributed by atoms with Crippen LogP contribution in [0.5, 0.6) is 0 Å². The second kappa shape index (κ2) is 17.5. The molecule has 18 heteroatoms. The second-order valence-electron chi connectivity index (χ2n) is 15.9. The molecule has 3 aromatic carbocycles. The summed E-state index contributed by atoms with van der Waals surface area (Å²) in [7, 11) is 0. The zero-order chi connectivity index (χ0) is 42.9. The molecule has 9 rings (SSSR count). The van der Waals surface area contributed by atoms with E-state index in [0.717, 1.165) is 23.3 Å². The number of piperidine rings is 2. The summed E-state index contributed by atoms with van der Waals surface area (Å²) >= 11 is 0. The standard InChI is InChI=1S/C44H44F2N10O6/c45-34-18-26(19-35(46)33(34)24-54-14-16-62-17-15-54)30-2-1-3-36-41(30)51-37(22-49-36)27-21-50-55(23-27)29-8-12-53(13-9-29)25-40(58)48-11-10-47-28-4-5-31-32(20-28)44(61)56(43(31)60)38-6-7-39(57)52-42(38)59/h1-5,18-23,29,38,47H,6-17,24-25H2,(H,48,58)(H,52,57,59). The third-order valence-corrected chi connectivity index (χ3v) is 11.9. The first-order valence-electron chi connectivity index (χ1n) is 20.8. The van der Waals surface area contributed by atoms with Crippen molar-refractivity contribution in [2.45, 2.75) is 44.3 Å². The van der Waals surface area contributed by atoms with Gasteiger partial charge < -0.3 is 15.4 Å². The van der Waals surface area contributed by atoms with E-state index in [0.29, 0.717) is 86.0 Å². The van der Waals surface area contributed by atoms with Gasteiger partial charge in [0.15, 0.2) is 0 Å². The Morgan fingerprint density at radius 3 is 2.39 bits per heavy atom. The average Bonchev–Trinajstić information content (AvgIpc) is 3.86. The molecule has 3 saturated heterocycles. The molecule has 1 unspecified atom stereocenters.